The SMILES string of the molecule is CCCCN(c1ccc(CO)c(Br)c1)C1CC1. The van der Waals surface area contributed by atoms with Gasteiger partial charge >= 0.3 is 0 Å². The van der Waals surface area contributed by atoms with E-state index in [9.17, 15) is 0 Å². The van der Waals surface area contributed by atoms with Crippen LogP contribution in [0.5, 0.6) is 0 Å². The third-order valence-electron chi connectivity index (χ3n) is 3.28. The quantitative estimate of drug-likeness (QED) is 0.865. The average molecular weight is 298 g/mol. The Labute approximate surface area is 112 Å². The van der Waals surface area contributed by atoms with Gasteiger partial charge in [0.2, 0.25) is 0 Å². The molecule has 0 spiro atoms. The van der Waals surface area contributed by atoms with Gasteiger partial charge in [0.15, 0.2) is 0 Å². The van der Waals surface area contributed by atoms with Gasteiger partial charge in [0.1, 0.15) is 0 Å². The van der Waals surface area contributed by atoms with E-state index in [1.165, 1.54) is 31.4 Å². The molecular formula is C14H20BrNO. The molecule has 1 aliphatic carbocycles. The second-order valence-corrected chi connectivity index (χ2v) is 5.57. The zero-order valence-electron chi connectivity index (χ0n) is 10.3. The number of rotatable bonds is 6. The Balaban J connectivity index is 2.14. The van der Waals surface area contributed by atoms with E-state index in [0.717, 1.165) is 22.6 Å². The van der Waals surface area contributed by atoms with Crippen molar-refractivity contribution in [3.05, 3.63) is 28.2 Å². The molecule has 0 amide bonds. The van der Waals surface area contributed by atoms with E-state index in [4.69, 9.17) is 5.11 Å². The summed E-state index contributed by atoms with van der Waals surface area (Å²) in [5, 5.41) is 9.17. The zero-order chi connectivity index (χ0) is 12.3. The predicted molar refractivity (Wildman–Crippen MR) is 75.3 cm³/mol. The monoisotopic (exact) mass is 297 g/mol. The smallest absolute Gasteiger partial charge is 0.0692 e. The van der Waals surface area contributed by atoms with E-state index < -0.39 is 0 Å². The van der Waals surface area contributed by atoms with Crippen molar-refractivity contribution in [1.29, 1.82) is 0 Å². The lowest BCUT2D eigenvalue weighted by atomic mass is 10.2. The van der Waals surface area contributed by atoms with Gasteiger partial charge in [0.05, 0.1) is 6.61 Å². The average Bonchev–Trinajstić information content (AvgIpc) is 3.14. The number of nitrogens with zero attached hydrogens (tertiary/aromatic N) is 1. The molecule has 0 radical (unpaired) electrons. The van der Waals surface area contributed by atoms with E-state index in [1.54, 1.807) is 0 Å². The maximum Gasteiger partial charge on any atom is 0.0692 e. The molecule has 0 unspecified atom stereocenters. The van der Waals surface area contributed by atoms with Gasteiger partial charge in [-0.15, -0.1) is 0 Å². The first-order valence-electron chi connectivity index (χ1n) is 6.42. The molecular weight excluding hydrogens is 278 g/mol. The maximum atomic E-state index is 9.17. The lowest BCUT2D eigenvalue weighted by Gasteiger charge is -2.25. The number of unbranched alkanes of at least 4 members (excludes halogenated alkanes) is 1. The van der Waals surface area contributed by atoms with Gasteiger partial charge < -0.3 is 10.0 Å². The van der Waals surface area contributed by atoms with Crippen molar-refractivity contribution >= 4 is 21.6 Å². The molecule has 0 heterocycles. The topological polar surface area (TPSA) is 23.5 Å². The molecule has 3 heteroatoms. The van der Waals surface area contributed by atoms with Crippen LogP contribution in [0, 0.1) is 0 Å². The summed E-state index contributed by atoms with van der Waals surface area (Å²) in [6.07, 6.45) is 5.13. The standard InChI is InChI=1S/C14H20BrNO/c1-2-3-8-16(12-6-7-12)13-5-4-11(10-17)14(15)9-13/h4-5,9,12,17H,2-3,6-8,10H2,1H3. The van der Waals surface area contributed by atoms with Gasteiger partial charge in [-0.25, -0.2) is 0 Å². The Morgan fingerprint density at radius 3 is 2.71 bits per heavy atom. The number of hydrogen-bond acceptors (Lipinski definition) is 2. The van der Waals surface area contributed by atoms with E-state index in [1.807, 2.05) is 6.07 Å². The molecule has 0 bridgehead atoms. The van der Waals surface area contributed by atoms with Crippen LogP contribution in [-0.4, -0.2) is 17.7 Å². The van der Waals surface area contributed by atoms with Crippen LogP contribution in [0.1, 0.15) is 38.2 Å². The second kappa shape index (κ2) is 5.87. The summed E-state index contributed by atoms with van der Waals surface area (Å²) in [5.41, 5.74) is 2.24. The van der Waals surface area contributed by atoms with E-state index in [0.29, 0.717) is 0 Å². The largest absolute Gasteiger partial charge is 0.392 e. The molecule has 1 aliphatic rings. The molecule has 1 aromatic carbocycles. The zero-order valence-corrected chi connectivity index (χ0v) is 11.9. The Hall–Kier alpha value is -0.540. The van der Waals surface area contributed by atoms with Gasteiger partial charge in [-0.05, 0) is 37.0 Å². The summed E-state index contributed by atoms with van der Waals surface area (Å²) in [4.78, 5) is 2.51. The molecule has 1 saturated carbocycles. The molecule has 0 atom stereocenters. The van der Waals surface area contributed by atoms with Crippen molar-refractivity contribution in [2.45, 2.75) is 45.3 Å². The van der Waals surface area contributed by atoms with Crippen molar-refractivity contribution in [3.8, 4) is 0 Å². The summed E-state index contributed by atoms with van der Waals surface area (Å²) in [6.45, 7) is 3.47. The molecule has 0 aromatic heterocycles. The highest BCUT2D eigenvalue weighted by Gasteiger charge is 2.28. The van der Waals surface area contributed by atoms with Gasteiger partial charge in [0, 0.05) is 22.7 Å². The van der Waals surface area contributed by atoms with Crippen LogP contribution in [-0.2, 0) is 6.61 Å². The highest BCUT2D eigenvalue weighted by Crippen LogP contribution is 2.34. The third-order valence-corrected chi connectivity index (χ3v) is 4.02. The van der Waals surface area contributed by atoms with Gasteiger partial charge in [0.25, 0.3) is 0 Å². The first kappa shape index (κ1) is 12.9. The van der Waals surface area contributed by atoms with Gasteiger partial charge in [-0.1, -0.05) is 35.3 Å². The van der Waals surface area contributed by atoms with Gasteiger partial charge in [-0.2, -0.15) is 0 Å². The van der Waals surface area contributed by atoms with E-state index >= 15 is 0 Å². The first-order valence-corrected chi connectivity index (χ1v) is 7.21. The Bertz CT molecular complexity index is 376. The summed E-state index contributed by atoms with van der Waals surface area (Å²) in [6, 6.07) is 7.03. The van der Waals surface area contributed by atoms with Crippen molar-refractivity contribution < 1.29 is 5.11 Å². The minimum absolute atomic E-state index is 0.0965. The van der Waals surface area contributed by atoms with Crippen LogP contribution in [0.4, 0.5) is 5.69 Å². The van der Waals surface area contributed by atoms with Crippen LogP contribution in [0.25, 0.3) is 0 Å². The highest BCUT2D eigenvalue weighted by molar-refractivity contribution is 9.10. The molecule has 94 valence electrons. The molecule has 0 aliphatic heterocycles. The lowest BCUT2D eigenvalue weighted by Crippen LogP contribution is -2.26. The normalized spacial score (nSPS) is 15.0. The fourth-order valence-corrected chi connectivity index (χ4v) is 2.57. The van der Waals surface area contributed by atoms with Crippen LogP contribution in [0.15, 0.2) is 22.7 Å². The van der Waals surface area contributed by atoms with Gasteiger partial charge in [-0.3, -0.25) is 0 Å². The van der Waals surface area contributed by atoms with Crippen molar-refractivity contribution in [3.63, 3.8) is 0 Å². The number of benzene rings is 1. The molecule has 1 N–H and O–H groups in total. The van der Waals surface area contributed by atoms with Crippen molar-refractivity contribution in [2.75, 3.05) is 11.4 Å². The van der Waals surface area contributed by atoms with Crippen LogP contribution < -0.4 is 4.90 Å². The Morgan fingerprint density at radius 2 is 2.18 bits per heavy atom. The fourth-order valence-electron chi connectivity index (χ4n) is 2.08. The lowest BCUT2D eigenvalue weighted by molar-refractivity contribution is 0.281. The minimum atomic E-state index is 0.0965. The second-order valence-electron chi connectivity index (χ2n) is 4.71. The molecule has 1 aromatic rings. The summed E-state index contributed by atoms with van der Waals surface area (Å²) < 4.78 is 1.01. The fraction of sp³-hybridized carbons (Fsp3) is 0.571. The van der Waals surface area contributed by atoms with Crippen molar-refractivity contribution in [2.24, 2.45) is 0 Å². The predicted octanol–water partition coefficient (Wildman–Crippen LogP) is 3.71. The number of aliphatic hydroxyl groups is 1. The molecule has 2 nitrogen and oxygen atoms in total. The summed E-state index contributed by atoms with van der Waals surface area (Å²) in [7, 11) is 0. The summed E-state index contributed by atoms with van der Waals surface area (Å²) >= 11 is 3.53. The minimum Gasteiger partial charge on any atom is -0.392 e. The van der Waals surface area contributed by atoms with Crippen LogP contribution in [0.2, 0.25) is 0 Å². The van der Waals surface area contributed by atoms with E-state index in [2.05, 4.69) is 39.9 Å². The third kappa shape index (κ3) is 3.23. The number of anilines is 1. The molecule has 17 heavy (non-hydrogen) atoms. The molecule has 2 rings (SSSR count). The van der Waals surface area contributed by atoms with E-state index in [-0.39, 0.29) is 6.61 Å². The first-order chi connectivity index (χ1) is 8.26. The maximum absolute atomic E-state index is 9.17. The highest BCUT2D eigenvalue weighted by atomic mass is 79.9. The van der Waals surface area contributed by atoms with Crippen LogP contribution in [0.3, 0.4) is 0 Å². The van der Waals surface area contributed by atoms with Crippen LogP contribution >= 0.6 is 15.9 Å². The molecule has 0 saturated heterocycles. The van der Waals surface area contributed by atoms with Crippen molar-refractivity contribution in [1.82, 2.24) is 0 Å². The number of aliphatic hydroxyl groups excluding tert-OH is 1. The summed E-state index contributed by atoms with van der Waals surface area (Å²) in [5.74, 6) is 0. The Morgan fingerprint density at radius 1 is 1.41 bits per heavy atom. The Kier molecular flexibility index (Phi) is 4.46. The number of hydrogen-bond donors (Lipinski definition) is 1. The molecule has 1 fully saturated rings. The number of halogens is 1.